The first-order valence-electron chi connectivity index (χ1n) is 5.88. The number of nitrogens with zero attached hydrogens (tertiary/aromatic N) is 2. The van der Waals surface area contributed by atoms with Crippen molar-refractivity contribution in [2.24, 2.45) is 0 Å². The number of hydrogen-bond donors (Lipinski definition) is 0. The first-order chi connectivity index (χ1) is 9.31. The van der Waals surface area contributed by atoms with E-state index in [1.807, 2.05) is 6.92 Å². The summed E-state index contributed by atoms with van der Waals surface area (Å²) in [6.07, 6.45) is 1.41. The molecule has 1 amide bonds. The Morgan fingerprint density at radius 3 is 2.40 bits per heavy atom. The van der Waals surface area contributed by atoms with Gasteiger partial charge in [-0.05, 0) is 6.42 Å². The van der Waals surface area contributed by atoms with Crippen LogP contribution in [0.4, 0.5) is 18.9 Å². The second-order valence-electron chi connectivity index (χ2n) is 4.22. The first-order valence-corrected chi connectivity index (χ1v) is 5.88. The number of nitro benzene ring substituents is 1. The molecule has 1 aromatic carbocycles. The lowest BCUT2D eigenvalue weighted by Crippen LogP contribution is -2.29. The van der Waals surface area contributed by atoms with E-state index in [9.17, 15) is 28.1 Å². The van der Waals surface area contributed by atoms with Gasteiger partial charge in [0.2, 0.25) is 11.6 Å². The number of hydrogen-bond acceptors (Lipinski definition) is 3. The lowest BCUT2D eigenvalue weighted by Gasteiger charge is -2.17. The van der Waals surface area contributed by atoms with E-state index >= 15 is 0 Å². The molecule has 0 atom stereocenters. The molecule has 0 saturated heterocycles. The van der Waals surface area contributed by atoms with E-state index in [4.69, 9.17) is 0 Å². The minimum atomic E-state index is -2.02. The van der Waals surface area contributed by atoms with Crippen molar-refractivity contribution in [3.63, 3.8) is 0 Å². The second-order valence-corrected chi connectivity index (χ2v) is 4.22. The highest BCUT2D eigenvalue weighted by atomic mass is 19.2. The highest BCUT2D eigenvalue weighted by Gasteiger charge is 2.29. The van der Waals surface area contributed by atoms with Crippen LogP contribution in [-0.2, 0) is 0 Å². The fourth-order valence-electron chi connectivity index (χ4n) is 1.58. The summed E-state index contributed by atoms with van der Waals surface area (Å²) in [5.41, 5.74) is -2.12. The molecular weight excluding hydrogens is 277 g/mol. The minimum Gasteiger partial charge on any atom is -0.342 e. The van der Waals surface area contributed by atoms with Gasteiger partial charge in [0.25, 0.3) is 5.91 Å². The van der Waals surface area contributed by atoms with Crippen LogP contribution in [0.1, 0.15) is 30.1 Å². The van der Waals surface area contributed by atoms with Gasteiger partial charge in [0.15, 0.2) is 5.82 Å². The largest absolute Gasteiger partial charge is 0.342 e. The van der Waals surface area contributed by atoms with Gasteiger partial charge < -0.3 is 4.90 Å². The highest BCUT2D eigenvalue weighted by Crippen LogP contribution is 2.26. The monoisotopic (exact) mass is 290 g/mol. The lowest BCUT2D eigenvalue weighted by molar-refractivity contribution is -0.387. The molecule has 0 aromatic heterocycles. The summed E-state index contributed by atoms with van der Waals surface area (Å²) in [5.74, 6) is -6.59. The SMILES string of the molecule is CCCCN(C)C(=O)c1cc([N+](=O)[O-])c(F)c(F)c1F. The van der Waals surface area contributed by atoms with Crippen LogP contribution in [0.3, 0.4) is 0 Å². The molecule has 0 heterocycles. The van der Waals surface area contributed by atoms with Gasteiger partial charge in [0.05, 0.1) is 10.5 Å². The molecule has 20 heavy (non-hydrogen) atoms. The Bertz CT molecular complexity index is 549. The van der Waals surface area contributed by atoms with Crippen LogP contribution in [0.5, 0.6) is 0 Å². The molecule has 1 aromatic rings. The van der Waals surface area contributed by atoms with Gasteiger partial charge in [-0.25, -0.2) is 8.78 Å². The van der Waals surface area contributed by atoms with Crippen molar-refractivity contribution in [1.29, 1.82) is 0 Å². The number of nitro groups is 1. The Kier molecular flexibility index (Phi) is 5.06. The molecule has 0 spiro atoms. The Labute approximate surface area is 113 Å². The number of unbranched alkanes of at least 4 members (excludes halogenated alkanes) is 1. The maximum absolute atomic E-state index is 13.6. The van der Waals surface area contributed by atoms with E-state index < -0.39 is 39.5 Å². The van der Waals surface area contributed by atoms with Crippen molar-refractivity contribution in [1.82, 2.24) is 4.90 Å². The fourth-order valence-corrected chi connectivity index (χ4v) is 1.58. The number of carbonyl (C=O) groups excluding carboxylic acids is 1. The standard InChI is InChI=1S/C12H13F3N2O3/c1-3-4-5-16(2)12(18)7-6-8(17(19)20)10(14)11(15)9(7)13/h6H,3-5H2,1-2H3. The summed E-state index contributed by atoms with van der Waals surface area (Å²) in [6, 6.07) is 0.415. The summed E-state index contributed by atoms with van der Waals surface area (Å²) >= 11 is 0. The molecule has 0 aliphatic rings. The van der Waals surface area contributed by atoms with Crippen molar-refractivity contribution in [3.05, 3.63) is 39.2 Å². The third kappa shape index (κ3) is 3.06. The number of carbonyl (C=O) groups is 1. The van der Waals surface area contributed by atoms with Gasteiger partial charge in [-0.3, -0.25) is 14.9 Å². The highest BCUT2D eigenvalue weighted by molar-refractivity contribution is 5.95. The van der Waals surface area contributed by atoms with E-state index in [1.54, 1.807) is 0 Å². The summed E-state index contributed by atoms with van der Waals surface area (Å²) in [6.45, 7) is 2.16. The first kappa shape index (κ1) is 15.9. The molecule has 0 bridgehead atoms. The Balaban J connectivity index is 3.24. The quantitative estimate of drug-likeness (QED) is 0.476. The maximum atomic E-state index is 13.6. The van der Waals surface area contributed by atoms with Crippen molar-refractivity contribution in [2.75, 3.05) is 13.6 Å². The van der Waals surface area contributed by atoms with E-state index in [0.717, 1.165) is 11.3 Å². The van der Waals surface area contributed by atoms with Gasteiger partial charge in [-0.2, -0.15) is 4.39 Å². The van der Waals surface area contributed by atoms with E-state index in [-0.39, 0.29) is 6.54 Å². The van der Waals surface area contributed by atoms with Crippen LogP contribution in [0.25, 0.3) is 0 Å². The van der Waals surface area contributed by atoms with Crippen molar-refractivity contribution in [2.45, 2.75) is 19.8 Å². The number of rotatable bonds is 5. The van der Waals surface area contributed by atoms with Gasteiger partial charge in [0.1, 0.15) is 0 Å². The predicted octanol–water partition coefficient (Wildman–Crippen LogP) is 2.88. The third-order valence-electron chi connectivity index (χ3n) is 2.75. The minimum absolute atomic E-state index is 0.279. The van der Waals surface area contributed by atoms with Gasteiger partial charge in [-0.1, -0.05) is 13.3 Å². The molecule has 0 aliphatic heterocycles. The molecule has 0 N–H and O–H groups in total. The summed E-state index contributed by atoms with van der Waals surface area (Å²) < 4.78 is 40.0. The molecule has 0 radical (unpaired) electrons. The van der Waals surface area contributed by atoms with E-state index in [2.05, 4.69) is 0 Å². The Morgan fingerprint density at radius 1 is 1.30 bits per heavy atom. The van der Waals surface area contributed by atoms with Crippen LogP contribution in [0.15, 0.2) is 6.07 Å². The van der Waals surface area contributed by atoms with Crippen LogP contribution < -0.4 is 0 Å². The molecule has 110 valence electrons. The van der Waals surface area contributed by atoms with Crippen LogP contribution in [0.2, 0.25) is 0 Å². The van der Waals surface area contributed by atoms with Crippen LogP contribution >= 0.6 is 0 Å². The predicted molar refractivity (Wildman–Crippen MR) is 64.8 cm³/mol. The summed E-state index contributed by atoms with van der Waals surface area (Å²) in [4.78, 5) is 22.3. The van der Waals surface area contributed by atoms with Crippen LogP contribution in [0, 0.1) is 27.6 Å². The molecule has 5 nitrogen and oxygen atoms in total. The molecule has 0 unspecified atom stereocenters. The maximum Gasteiger partial charge on any atom is 0.308 e. The lowest BCUT2D eigenvalue weighted by atomic mass is 10.1. The zero-order valence-corrected chi connectivity index (χ0v) is 11.0. The normalized spacial score (nSPS) is 10.4. The number of halogens is 3. The van der Waals surface area contributed by atoms with Crippen molar-refractivity contribution < 1.29 is 22.9 Å². The Morgan fingerprint density at radius 2 is 1.90 bits per heavy atom. The molecule has 0 aliphatic carbocycles. The zero-order valence-electron chi connectivity index (χ0n) is 11.0. The molecule has 1 rings (SSSR count). The average Bonchev–Trinajstić information content (AvgIpc) is 2.41. The van der Waals surface area contributed by atoms with Gasteiger partial charge >= 0.3 is 5.69 Å². The fraction of sp³-hybridized carbons (Fsp3) is 0.417. The second kappa shape index (κ2) is 6.36. The topological polar surface area (TPSA) is 63.5 Å². The number of benzene rings is 1. The van der Waals surface area contributed by atoms with Gasteiger partial charge in [0, 0.05) is 19.7 Å². The van der Waals surface area contributed by atoms with Crippen molar-refractivity contribution >= 4 is 11.6 Å². The Hall–Kier alpha value is -2.12. The van der Waals surface area contributed by atoms with Crippen molar-refractivity contribution in [3.8, 4) is 0 Å². The molecule has 0 fully saturated rings. The van der Waals surface area contributed by atoms with E-state index in [0.29, 0.717) is 12.5 Å². The third-order valence-corrected chi connectivity index (χ3v) is 2.75. The molecule has 8 heteroatoms. The molecular formula is C12H13F3N2O3. The van der Waals surface area contributed by atoms with E-state index in [1.165, 1.54) is 7.05 Å². The smallest absolute Gasteiger partial charge is 0.308 e. The summed E-state index contributed by atoms with van der Waals surface area (Å²) in [5, 5.41) is 10.6. The van der Waals surface area contributed by atoms with Crippen LogP contribution in [-0.4, -0.2) is 29.3 Å². The molecule has 0 saturated carbocycles. The van der Waals surface area contributed by atoms with Gasteiger partial charge in [-0.15, -0.1) is 0 Å². The number of amides is 1. The average molecular weight is 290 g/mol. The zero-order chi connectivity index (χ0) is 15.4. The summed E-state index contributed by atoms with van der Waals surface area (Å²) in [7, 11) is 1.35.